The number of halogens is 4. The molecule has 2 aliphatic carbocycles. The fourth-order valence-corrected chi connectivity index (χ4v) is 4.64. The monoisotopic (exact) mass is 473 g/mol. The SMILES string of the molecule is C=C(C(=O)NC1C2CCC(C2)C1C)C(=NC)OC.O=CNc1ccc(Cl)c(C(F)(F)F)c1. The van der Waals surface area contributed by atoms with E-state index in [-0.39, 0.29) is 11.6 Å². The molecule has 176 valence electrons. The molecule has 4 atom stereocenters. The number of nitrogens with zero attached hydrogens (tertiary/aromatic N) is 1. The maximum absolute atomic E-state index is 12.3. The third-order valence-electron chi connectivity index (χ3n) is 6.06. The highest BCUT2D eigenvalue weighted by Crippen LogP contribution is 2.48. The van der Waals surface area contributed by atoms with Crippen LogP contribution in [0.3, 0.4) is 0 Å². The number of methoxy groups -OCH3 is 1. The van der Waals surface area contributed by atoms with E-state index in [0.29, 0.717) is 35.8 Å². The lowest BCUT2D eigenvalue weighted by Crippen LogP contribution is -2.44. The van der Waals surface area contributed by atoms with E-state index in [1.165, 1.54) is 32.4 Å². The Kier molecular flexibility index (Phi) is 8.72. The van der Waals surface area contributed by atoms with E-state index in [1.54, 1.807) is 7.05 Å². The van der Waals surface area contributed by atoms with Gasteiger partial charge in [0.1, 0.15) is 0 Å². The van der Waals surface area contributed by atoms with Gasteiger partial charge in [0.2, 0.25) is 12.3 Å². The Morgan fingerprint density at radius 3 is 2.47 bits per heavy atom. The number of aliphatic imine (C=N–C) groups is 1. The number of benzene rings is 1. The summed E-state index contributed by atoms with van der Waals surface area (Å²) in [5.74, 6) is 2.16. The van der Waals surface area contributed by atoms with Gasteiger partial charge in [-0.1, -0.05) is 25.1 Å². The number of ether oxygens (including phenoxy) is 1. The Morgan fingerprint density at radius 2 is 1.97 bits per heavy atom. The van der Waals surface area contributed by atoms with E-state index < -0.39 is 16.8 Å². The van der Waals surface area contributed by atoms with Crippen LogP contribution in [0.25, 0.3) is 0 Å². The molecular weight excluding hydrogens is 447 g/mol. The molecule has 0 spiro atoms. The first-order valence-corrected chi connectivity index (χ1v) is 10.5. The van der Waals surface area contributed by atoms with Crippen LogP contribution in [0.1, 0.15) is 31.7 Å². The number of hydrogen-bond acceptors (Lipinski definition) is 4. The molecule has 3 rings (SSSR count). The zero-order chi connectivity index (χ0) is 24.1. The van der Waals surface area contributed by atoms with Gasteiger partial charge in [-0.3, -0.25) is 14.6 Å². The summed E-state index contributed by atoms with van der Waals surface area (Å²) in [5.41, 5.74) is -0.599. The van der Waals surface area contributed by atoms with Crippen molar-refractivity contribution in [3.8, 4) is 0 Å². The maximum atomic E-state index is 12.3. The topological polar surface area (TPSA) is 79.8 Å². The summed E-state index contributed by atoms with van der Waals surface area (Å²) in [5, 5.41) is 4.82. The van der Waals surface area contributed by atoms with Gasteiger partial charge in [-0.05, 0) is 55.2 Å². The van der Waals surface area contributed by atoms with Gasteiger partial charge in [0.05, 0.1) is 23.3 Å². The zero-order valence-electron chi connectivity index (χ0n) is 18.1. The second-order valence-corrected chi connectivity index (χ2v) is 8.26. The summed E-state index contributed by atoms with van der Waals surface area (Å²) < 4.78 is 41.8. The predicted octanol–water partition coefficient (Wildman–Crippen LogP) is 4.70. The Hall–Kier alpha value is -2.55. The van der Waals surface area contributed by atoms with E-state index in [1.807, 2.05) is 0 Å². The number of anilines is 1. The molecule has 2 bridgehead atoms. The van der Waals surface area contributed by atoms with Gasteiger partial charge >= 0.3 is 6.18 Å². The summed E-state index contributed by atoms with van der Waals surface area (Å²) in [6.45, 7) is 6.00. The lowest BCUT2D eigenvalue weighted by atomic mass is 9.86. The first kappa shape index (κ1) is 25.7. The minimum atomic E-state index is -4.52. The molecule has 2 aliphatic rings. The van der Waals surface area contributed by atoms with Crippen molar-refractivity contribution in [3.05, 3.63) is 40.9 Å². The van der Waals surface area contributed by atoms with Crippen molar-refractivity contribution < 1.29 is 27.5 Å². The summed E-state index contributed by atoms with van der Waals surface area (Å²) in [7, 11) is 3.10. The largest absolute Gasteiger partial charge is 0.481 e. The molecule has 4 unspecified atom stereocenters. The van der Waals surface area contributed by atoms with E-state index in [9.17, 15) is 22.8 Å². The molecule has 0 saturated heterocycles. The first-order valence-electron chi connectivity index (χ1n) is 10.1. The molecule has 0 aromatic heterocycles. The molecule has 32 heavy (non-hydrogen) atoms. The van der Waals surface area contributed by atoms with E-state index in [0.717, 1.165) is 18.1 Å². The van der Waals surface area contributed by atoms with Gasteiger partial charge in [-0.2, -0.15) is 13.2 Å². The maximum Gasteiger partial charge on any atom is 0.417 e. The van der Waals surface area contributed by atoms with Crippen LogP contribution in [0, 0.1) is 17.8 Å². The normalized spacial score (nSPS) is 24.3. The number of carbonyl (C=O) groups excluding carboxylic acids is 2. The van der Waals surface area contributed by atoms with Crippen molar-refractivity contribution >= 4 is 35.5 Å². The number of carbonyl (C=O) groups is 2. The molecule has 1 aromatic carbocycles. The molecule has 2 N–H and O–H groups in total. The van der Waals surface area contributed by atoms with Crippen LogP contribution in [0.2, 0.25) is 5.02 Å². The molecule has 0 heterocycles. The highest BCUT2D eigenvalue weighted by Gasteiger charge is 2.46. The Morgan fingerprint density at radius 1 is 1.31 bits per heavy atom. The summed E-state index contributed by atoms with van der Waals surface area (Å²) in [4.78, 5) is 26.0. The molecule has 6 nitrogen and oxygen atoms in total. The molecule has 2 fully saturated rings. The number of nitrogens with one attached hydrogen (secondary N) is 2. The molecule has 1 aromatic rings. The van der Waals surface area contributed by atoms with Gasteiger partial charge in [0, 0.05) is 18.8 Å². The van der Waals surface area contributed by atoms with Crippen LogP contribution >= 0.6 is 11.6 Å². The Labute approximate surface area is 190 Å². The lowest BCUT2D eigenvalue weighted by molar-refractivity contribution is -0.137. The van der Waals surface area contributed by atoms with Crippen LogP contribution in [0.15, 0.2) is 35.3 Å². The van der Waals surface area contributed by atoms with Crippen LogP contribution in [0.5, 0.6) is 0 Å². The Bertz CT molecular complexity index is 887. The van der Waals surface area contributed by atoms with E-state index in [2.05, 4.69) is 29.1 Å². The number of hydrogen-bond donors (Lipinski definition) is 2. The summed E-state index contributed by atoms with van der Waals surface area (Å²) >= 11 is 5.34. The van der Waals surface area contributed by atoms with Gasteiger partial charge in [-0.25, -0.2) is 0 Å². The van der Waals surface area contributed by atoms with Crippen molar-refractivity contribution in [2.75, 3.05) is 19.5 Å². The summed E-state index contributed by atoms with van der Waals surface area (Å²) in [6, 6.07) is 3.43. The second-order valence-electron chi connectivity index (χ2n) is 7.86. The fraction of sp³-hybridized carbons (Fsp3) is 0.500. The number of fused-ring (bicyclic) bond motifs is 2. The molecule has 2 saturated carbocycles. The zero-order valence-corrected chi connectivity index (χ0v) is 18.9. The lowest BCUT2D eigenvalue weighted by Gasteiger charge is -2.29. The highest BCUT2D eigenvalue weighted by molar-refractivity contribution is 6.31. The predicted molar refractivity (Wildman–Crippen MR) is 118 cm³/mol. The van der Waals surface area contributed by atoms with Crippen molar-refractivity contribution in [3.63, 3.8) is 0 Å². The molecule has 0 radical (unpaired) electrons. The molecular formula is C22H27ClF3N3O3. The Balaban J connectivity index is 0.000000235. The van der Waals surface area contributed by atoms with Crippen molar-refractivity contribution in [1.82, 2.24) is 5.32 Å². The van der Waals surface area contributed by atoms with Crippen LogP contribution < -0.4 is 10.6 Å². The average molecular weight is 474 g/mol. The van der Waals surface area contributed by atoms with Crippen molar-refractivity contribution in [1.29, 1.82) is 0 Å². The van der Waals surface area contributed by atoms with Crippen molar-refractivity contribution in [2.24, 2.45) is 22.7 Å². The third kappa shape index (κ3) is 6.03. The van der Waals surface area contributed by atoms with Crippen LogP contribution in [-0.4, -0.2) is 38.4 Å². The number of rotatable bonds is 5. The van der Waals surface area contributed by atoms with Gasteiger partial charge < -0.3 is 15.4 Å². The fourth-order valence-electron chi connectivity index (χ4n) is 4.41. The highest BCUT2D eigenvalue weighted by atomic mass is 35.5. The third-order valence-corrected chi connectivity index (χ3v) is 6.39. The van der Waals surface area contributed by atoms with Gasteiger partial charge in [-0.15, -0.1) is 0 Å². The van der Waals surface area contributed by atoms with Gasteiger partial charge in [0.25, 0.3) is 5.91 Å². The average Bonchev–Trinajstić information content (AvgIpc) is 3.33. The number of amides is 2. The minimum Gasteiger partial charge on any atom is -0.481 e. The second kappa shape index (κ2) is 10.8. The van der Waals surface area contributed by atoms with Gasteiger partial charge in [0.15, 0.2) is 0 Å². The number of alkyl halides is 3. The van der Waals surface area contributed by atoms with Crippen LogP contribution in [-0.2, 0) is 20.5 Å². The standard InChI is InChI=1S/C14H22N2O2.C8H5ClF3NO/c1-8-10-5-6-11(7-10)12(8)16-13(17)9(2)14(15-3)18-4;9-7-2-1-5(13-4-14)3-6(7)8(10,11)12/h8,10-12H,2,5-7H2,1,3-4H3,(H,16,17);1-4H,(H,13,14). The molecule has 10 heteroatoms. The minimum absolute atomic E-state index is 0.0525. The van der Waals surface area contributed by atoms with E-state index >= 15 is 0 Å². The molecule has 0 aliphatic heterocycles. The smallest absolute Gasteiger partial charge is 0.417 e. The molecule has 2 amide bonds. The first-order chi connectivity index (χ1) is 15.0. The summed E-state index contributed by atoms with van der Waals surface area (Å²) in [6.07, 6.45) is -0.400. The quantitative estimate of drug-likeness (QED) is 0.282. The van der Waals surface area contributed by atoms with E-state index in [4.69, 9.17) is 16.3 Å². The van der Waals surface area contributed by atoms with Crippen molar-refractivity contribution in [2.45, 2.75) is 38.4 Å². The van der Waals surface area contributed by atoms with Crippen LogP contribution in [0.4, 0.5) is 18.9 Å².